The molecular weight excluding hydrogens is 267 g/mol. The second kappa shape index (κ2) is 6.12. The van der Waals surface area contributed by atoms with Crippen LogP contribution >= 0.6 is 11.6 Å². The van der Waals surface area contributed by atoms with Crippen LogP contribution in [-0.4, -0.2) is 21.3 Å². The Hall–Kier alpha value is -1.46. The van der Waals surface area contributed by atoms with Crippen molar-refractivity contribution in [1.82, 2.24) is 20.1 Å². The van der Waals surface area contributed by atoms with E-state index < -0.39 is 0 Å². The van der Waals surface area contributed by atoms with E-state index in [9.17, 15) is 4.39 Å². The minimum atomic E-state index is -0.321. The maximum Gasteiger partial charge on any atom is 0.151 e. The van der Waals surface area contributed by atoms with Crippen LogP contribution in [0.5, 0.6) is 0 Å². The van der Waals surface area contributed by atoms with Crippen LogP contribution < -0.4 is 5.32 Å². The van der Waals surface area contributed by atoms with E-state index in [1.54, 1.807) is 17.1 Å². The molecule has 4 nitrogen and oxygen atoms in total. The fourth-order valence-corrected chi connectivity index (χ4v) is 2.19. The molecular formula is C13H16ClFN4. The predicted octanol–water partition coefficient (Wildman–Crippen LogP) is 2.50. The number of hydrogen-bond acceptors (Lipinski definition) is 3. The van der Waals surface area contributed by atoms with Crippen LogP contribution in [0, 0.1) is 5.82 Å². The fourth-order valence-electron chi connectivity index (χ4n) is 1.86. The van der Waals surface area contributed by atoms with Crippen molar-refractivity contribution in [3.8, 4) is 0 Å². The highest BCUT2D eigenvalue weighted by Gasteiger charge is 2.10. The van der Waals surface area contributed by atoms with Crippen LogP contribution in [-0.2, 0) is 13.5 Å². The van der Waals surface area contributed by atoms with Gasteiger partial charge in [-0.3, -0.25) is 4.68 Å². The van der Waals surface area contributed by atoms with Gasteiger partial charge in [-0.2, -0.15) is 5.10 Å². The molecule has 1 N–H and O–H groups in total. The first kappa shape index (κ1) is 14.0. The number of aromatic nitrogens is 3. The molecule has 1 aromatic heterocycles. The largest absolute Gasteiger partial charge is 0.310 e. The molecule has 0 spiro atoms. The fraction of sp³-hybridized carbons (Fsp3) is 0.385. The van der Waals surface area contributed by atoms with Gasteiger partial charge in [-0.15, -0.1) is 0 Å². The first-order valence-electron chi connectivity index (χ1n) is 6.09. The lowest BCUT2D eigenvalue weighted by Gasteiger charge is -2.15. The Morgan fingerprint density at radius 1 is 1.47 bits per heavy atom. The van der Waals surface area contributed by atoms with Gasteiger partial charge < -0.3 is 5.32 Å². The summed E-state index contributed by atoms with van der Waals surface area (Å²) in [6, 6.07) is 4.50. The molecule has 0 radical (unpaired) electrons. The lowest BCUT2D eigenvalue weighted by atomic mass is 10.1. The molecule has 0 saturated carbocycles. The molecule has 19 heavy (non-hydrogen) atoms. The van der Waals surface area contributed by atoms with Crippen LogP contribution in [0.3, 0.4) is 0 Å². The molecule has 1 aromatic carbocycles. The summed E-state index contributed by atoms with van der Waals surface area (Å²) in [6.45, 7) is 2.73. The van der Waals surface area contributed by atoms with E-state index in [-0.39, 0.29) is 11.9 Å². The lowest BCUT2D eigenvalue weighted by Crippen LogP contribution is -2.22. The van der Waals surface area contributed by atoms with Crippen LogP contribution in [0.4, 0.5) is 4.39 Å². The second-order valence-corrected chi connectivity index (χ2v) is 4.83. The molecule has 2 aromatic rings. The van der Waals surface area contributed by atoms with E-state index in [0.29, 0.717) is 5.02 Å². The quantitative estimate of drug-likeness (QED) is 0.916. The molecule has 6 heteroatoms. The summed E-state index contributed by atoms with van der Waals surface area (Å²) >= 11 is 6.02. The first-order valence-corrected chi connectivity index (χ1v) is 6.47. The van der Waals surface area contributed by atoms with Gasteiger partial charge in [0, 0.05) is 31.1 Å². The Morgan fingerprint density at radius 3 is 2.89 bits per heavy atom. The highest BCUT2D eigenvalue weighted by Crippen LogP contribution is 2.23. The van der Waals surface area contributed by atoms with Gasteiger partial charge in [0.15, 0.2) is 5.82 Å². The van der Waals surface area contributed by atoms with Gasteiger partial charge in [0.1, 0.15) is 12.1 Å². The van der Waals surface area contributed by atoms with Gasteiger partial charge in [0.25, 0.3) is 0 Å². The molecule has 0 bridgehead atoms. The monoisotopic (exact) mass is 282 g/mol. The Bertz CT molecular complexity index is 555. The number of rotatable bonds is 5. The van der Waals surface area contributed by atoms with Gasteiger partial charge in [-0.1, -0.05) is 17.7 Å². The minimum Gasteiger partial charge on any atom is -0.310 e. The number of hydrogen-bond donors (Lipinski definition) is 1. The smallest absolute Gasteiger partial charge is 0.151 e. The van der Waals surface area contributed by atoms with E-state index in [1.807, 2.05) is 14.0 Å². The third-order valence-electron chi connectivity index (χ3n) is 2.88. The van der Waals surface area contributed by atoms with Gasteiger partial charge in [-0.25, -0.2) is 9.37 Å². The summed E-state index contributed by atoms with van der Waals surface area (Å²) in [5.41, 5.74) is 0.886. The van der Waals surface area contributed by atoms with E-state index >= 15 is 0 Å². The topological polar surface area (TPSA) is 42.7 Å². The molecule has 0 amide bonds. The molecule has 1 heterocycles. The maximum absolute atomic E-state index is 13.0. The maximum atomic E-state index is 13.0. The van der Waals surface area contributed by atoms with E-state index in [1.165, 1.54) is 12.1 Å². The second-order valence-electron chi connectivity index (χ2n) is 4.43. The molecule has 0 aliphatic rings. The average molecular weight is 283 g/mol. The van der Waals surface area contributed by atoms with Gasteiger partial charge in [0.2, 0.25) is 0 Å². The zero-order valence-electron chi connectivity index (χ0n) is 10.9. The van der Waals surface area contributed by atoms with Crippen molar-refractivity contribution in [3.05, 3.63) is 46.8 Å². The normalized spacial score (nSPS) is 12.6. The average Bonchev–Trinajstić information content (AvgIpc) is 2.75. The number of halogens is 2. The Morgan fingerprint density at radius 2 is 2.26 bits per heavy atom. The van der Waals surface area contributed by atoms with Crippen molar-refractivity contribution >= 4 is 11.6 Å². The van der Waals surface area contributed by atoms with Crippen LogP contribution in [0.2, 0.25) is 5.02 Å². The molecule has 1 unspecified atom stereocenters. The number of nitrogens with one attached hydrogen (secondary N) is 1. The minimum absolute atomic E-state index is 0.0526. The Balaban J connectivity index is 1.88. The zero-order valence-corrected chi connectivity index (χ0v) is 11.7. The molecule has 0 fully saturated rings. The van der Waals surface area contributed by atoms with Crippen molar-refractivity contribution in [2.75, 3.05) is 6.54 Å². The highest BCUT2D eigenvalue weighted by molar-refractivity contribution is 6.31. The third-order valence-corrected chi connectivity index (χ3v) is 3.20. The standard InChI is InChI=1S/C13H16ClFN4/c1-9(11-4-3-10(15)7-12(11)14)16-6-5-13-17-8-19(2)18-13/h3-4,7-9,16H,5-6H2,1-2H3. The SMILES string of the molecule is CC(NCCc1ncn(C)n1)c1ccc(F)cc1Cl. The van der Waals surface area contributed by atoms with Gasteiger partial charge in [-0.05, 0) is 24.6 Å². The number of benzene rings is 1. The summed E-state index contributed by atoms with van der Waals surface area (Å²) in [6.07, 6.45) is 2.42. The summed E-state index contributed by atoms with van der Waals surface area (Å²) < 4.78 is 14.6. The summed E-state index contributed by atoms with van der Waals surface area (Å²) in [5, 5.41) is 7.96. The first-order chi connectivity index (χ1) is 9.06. The van der Waals surface area contributed by atoms with Crippen molar-refractivity contribution in [2.24, 2.45) is 7.05 Å². The highest BCUT2D eigenvalue weighted by atomic mass is 35.5. The predicted molar refractivity (Wildman–Crippen MR) is 72.5 cm³/mol. The van der Waals surface area contributed by atoms with Crippen LogP contribution in [0.1, 0.15) is 24.4 Å². The van der Waals surface area contributed by atoms with Crippen molar-refractivity contribution in [2.45, 2.75) is 19.4 Å². The van der Waals surface area contributed by atoms with Crippen molar-refractivity contribution in [1.29, 1.82) is 0 Å². The Labute approximate surface area is 116 Å². The van der Waals surface area contributed by atoms with Crippen molar-refractivity contribution < 1.29 is 4.39 Å². The Kier molecular flexibility index (Phi) is 4.50. The molecule has 0 aliphatic heterocycles. The van der Waals surface area contributed by atoms with E-state index in [0.717, 1.165) is 24.4 Å². The third kappa shape index (κ3) is 3.75. The molecule has 1 atom stereocenters. The van der Waals surface area contributed by atoms with E-state index in [2.05, 4.69) is 15.4 Å². The number of aryl methyl sites for hydroxylation is 1. The van der Waals surface area contributed by atoms with Crippen LogP contribution in [0.15, 0.2) is 24.5 Å². The molecule has 0 saturated heterocycles. The molecule has 102 valence electrons. The van der Waals surface area contributed by atoms with Gasteiger partial charge >= 0.3 is 0 Å². The summed E-state index contributed by atoms with van der Waals surface area (Å²) in [4.78, 5) is 4.15. The van der Waals surface area contributed by atoms with E-state index in [4.69, 9.17) is 11.6 Å². The van der Waals surface area contributed by atoms with Crippen LogP contribution in [0.25, 0.3) is 0 Å². The molecule has 0 aliphatic carbocycles. The zero-order chi connectivity index (χ0) is 13.8. The van der Waals surface area contributed by atoms with Crippen molar-refractivity contribution in [3.63, 3.8) is 0 Å². The molecule has 2 rings (SSSR count). The number of nitrogens with zero attached hydrogens (tertiary/aromatic N) is 3. The van der Waals surface area contributed by atoms with Gasteiger partial charge in [0.05, 0.1) is 0 Å². The summed E-state index contributed by atoms with van der Waals surface area (Å²) in [7, 11) is 1.84. The summed E-state index contributed by atoms with van der Waals surface area (Å²) in [5.74, 6) is 0.478. The lowest BCUT2D eigenvalue weighted by molar-refractivity contribution is 0.566.